The minimum atomic E-state index is -0.258. The van der Waals surface area contributed by atoms with Crippen LogP contribution in [0.4, 0.5) is 0 Å². The number of ether oxygens (including phenoxy) is 1. The lowest BCUT2D eigenvalue weighted by atomic mass is 9.80. The zero-order chi connectivity index (χ0) is 14.6. The van der Waals surface area contributed by atoms with Crippen LogP contribution in [0.2, 0.25) is 0 Å². The first-order valence-electron chi connectivity index (χ1n) is 7.69. The Kier molecular flexibility index (Phi) is 6.09. The Morgan fingerprint density at radius 3 is 2.42 bits per heavy atom. The van der Waals surface area contributed by atoms with Gasteiger partial charge in [-0.1, -0.05) is 40.7 Å². The quantitative estimate of drug-likeness (QED) is 0.524. The van der Waals surface area contributed by atoms with Gasteiger partial charge >= 0.3 is 5.97 Å². The third-order valence-corrected chi connectivity index (χ3v) is 4.75. The summed E-state index contributed by atoms with van der Waals surface area (Å²) in [6, 6.07) is 0. The Bertz CT molecular complexity index is 321. The molecule has 0 bridgehead atoms. The molecule has 0 aromatic heterocycles. The maximum absolute atomic E-state index is 11.4. The van der Waals surface area contributed by atoms with E-state index in [1.54, 1.807) is 6.92 Å². The van der Waals surface area contributed by atoms with Crippen molar-refractivity contribution in [1.29, 1.82) is 0 Å². The van der Waals surface area contributed by atoms with Crippen LogP contribution in [0.1, 0.15) is 53.9 Å². The van der Waals surface area contributed by atoms with Crippen molar-refractivity contribution in [3.05, 3.63) is 12.2 Å². The summed E-state index contributed by atoms with van der Waals surface area (Å²) in [6.45, 7) is 15.1. The van der Waals surface area contributed by atoms with Crippen molar-refractivity contribution in [2.75, 3.05) is 6.61 Å². The molecule has 1 aliphatic carbocycles. The van der Waals surface area contributed by atoms with E-state index < -0.39 is 0 Å². The molecule has 0 aromatic rings. The lowest BCUT2D eigenvalue weighted by Crippen LogP contribution is -2.21. The number of rotatable bonds is 6. The first-order chi connectivity index (χ1) is 8.86. The van der Waals surface area contributed by atoms with E-state index in [2.05, 4.69) is 34.3 Å². The van der Waals surface area contributed by atoms with Gasteiger partial charge in [0.25, 0.3) is 0 Å². The smallest absolute Gasteiger partial charge is 0.333 e. The van der Waals surface area contributed by atoms with E-state index in [4.69, 9.17) is 4.74 Å². The van der Waals surface area contributed by atoms with Crippen LogP contribution >= 0.6 is 0 Å². The number of esters is 1. The largest absolute Gasteiger partial charge is 0.462 e. The summed E-state index contributed by atoms with van der Waals surface area (Å²) in [5.74, 6) is 3.46. The van der Waals surface area contributed by atoms with Gasteiger partial charge in [-0.05, 0) is 49.4 Å². The second kappa shape index (κ2) is 7.12. The van der Waals surface area contributed by atoms with Gasteiger partial charge in [0.2, 0.25) is 0 Å². The molecule has 0 heterocycles. The monoisotopic (exact) mass is 266 g/mol. The molecule has 1 fully saturated rings. The van der Waals surface area contributed by atoms with Gasteiger partial charge in [-0.3, -0.25) is 0 Å². The number of hydrogen-bond acceptors (Lipinski definition) is 2. The number of carbonyl (C=O) groups excluding carboxylic acids is 1. The topological polar surface area (TPSA) is 26.3 Å². The van der Waals surface area contributed by atoms with Gasteiger partial charge in [-0.2, -0.15) is 0 Å². The highest BCUT2D eigenvalue weighted by Crippen LogP contribution is 2.45. The Hall–Kier alpha value is -0.790. The molecule has 5 atom stereocenters. The van der Waals surface area contributed by atoms with E-state index in [0.29, 0.717) is 18.1 Å². The van der Waals surface area contributed by atoms with E-state index in [-0.39, 0.29) is 5.97 Å². The second-order valence-corrected chi connectivity index (χ2v) is 6.65. The highest BCUT2D eigenvalue weighted by atomic mass is 16.5. The minimum Gasteiger partial charge on any atom is -0.462 e. The molecule has 0 amide bonds. The Morgan fingerprint density at radius 2 is 1.89 bits per heavy atom. The van der Waals surface area contributed by atoms with Crippen molar-refractivity contribution in [1.82, 2.24) is 0 Å². The lowest BCUT2D eigenvalue weighted by Gasteiger charge is -2.26. The average Bonchev–Trinajstić information content (AvgIpc) is 2.60. The van der Waals surface area contributed by atoms with Crippen LogP contribution in [0, 0.1) is 29.6 Å². The van der Waals surface area contributed by atoms with Crippen molar-refractivity contribution in [3.63, 3.8) is 0 Å². The predicted molar refractivity (Wildman–Crippen MR) is 79.8 cm³/mol. The molecule has 0 aromatic carbocycles. The van der Waals surface area contributed by atoms with Crippen LogP contribution in [-0.2, 0) is 9.53 Å². The van der Waals surface area contributed by atoms with Gasteiger partial charge in [-0.25, -0.2) is 4.79 Å². The SMILES string of the molecule is C=C(C)C(=O)OCC(C)CC1C(C)CC(C)C1CC. The van der Waals surface area contributed by atoms with Crippen LogP contribution in [0.15, 0.2) is 12.2 Å². The third-order valence-electron chi connectivity index (χ3n) is 4.75. The highest BCUT2D eigenvalue weighted by Gasteiger charge is 2.37. The predicted octanol–water partition coefficient (Wildman–Crippen LogP) is 4.45. The van der Waals surface area contributed by atoms with E-state index in [9.17, 15) is 4.79 Å². The maximum atomic E-state index is 11.4. The molecule has 19 heavy (non-hydrogen) atoms. The van der Waals surface area contributed by atoms with Gasteiger partial charge in [0.1, 0.15) is 0 Å². The summed E-state index contributed by atoms with van der Waals surface area (Å²) in [4.78, 5) is 11.4. The summed E-state index contributed by atoms with van der Waals surface area (Å²) in [5, 5.41) is 0. The first-order valence-corrected chi connectivity index (χ1v) is 7.69. The molecule has 0 N–H and O–H groups in total. The van der Waals surface area contributed by atoms with Gasteiger partial charge in [0, 0.05) is 5.57 Å². The van der Waals surface area contributed by atoms with Crippen molar-refractivity contribution < 1.29 is 9.53 Å². The average molecular weight is 266 g/mol. The second-order valence-electron chi connectivity index (χ2n) is 6.65. The van der Waals surface area contributed by atoms with Crippen molar-refractivity contribution in [3.8, 4) is 0 Å². The lowest BCUT2D eigenvalue weighted by molar-refractivity contribution is -0.140. The molecule has 0 aliphatic heterocycles. The van der Waals surface area contributed by atoms with Gasteiger partial charge in [0.15, 0.2) is 0 Å². The molecule has 0 spiro atoms. The van der Waals surface area contributed by atoms with Crippen molar-refractivity contribution >= 4 is 5.97 Å². The summed E-state index contributed by atoms with van der Waals surface area (Å²) in [7, 11) is 0. The standard InChI is InChI=1S/C17H30O2/c1-7-15-13(5)9-14(6)16(15)8-12(4)10-19-17(18)11(2)3/h12-16H,2,7-10H2,1,3-6H3. The van der Waals surface area contributed by atoms with Gasteiger partial charge in [-0.15, -0.1) is 0 Å². The Morgan fingerprint density at radius 1 is 1.32 bits per heavy atom. The maximum Gasteiger partial charge on any atom is 0.333 e. The van der Waals surface area contributed by atoms with E-state index in [0.717, 1.165) is 23.7 Å². The molecular weight excluding hydrogens is 236 g/mol. The van der Waals surface area contributed by atoms with E-state index >= 15 is 0 Å². The normalized spacial score (nSPS) is 32.1. The molecule has 1 saturated carbocycles. The van der Waals surface area contributed by atoms with Gasteiger partial charge in [0.05, 0.1) is 6.61 Å². The Labute approximate surface area is 118 Å². The summed E-state index contributed by atoms with van der Waals surface area (Å²) in [6.07, 6.45) is 3.80. The minimum absolute atomic E-state index is 0.258. The molecular formula is C17H30O2. The van der Waals surface area contributed by atoms with E-state index in [1.807, 2.05) is 0 Å². The third kappa shape index (κ3) is 4.36. The number of carbonyl (C=O) groups is 1. The fourth-order valence-corrected chi connectivity index (χ4v) is 3.77. The van der Waals surface area contributed by atoms with E-state index in [1.165, 1.54) is 19.3 Å². The zero-order valence-corrected chi connectivity index (χ0v) is 13.2. The summed E-state index contributed by atoms with van der Waals surface area (Å²) < 4.78 is 5.27. The summed E-state index contributed by atoms with van der Waals surface area (Å²) >= 11 is 0. The molecule has 1 aliphatic rings. The Balaban J connectivity index is 2.45. The molecule has 2 nitrogen and oxygen atoms in total. The van der Waals surface area contributed by atoms with Crippen LogP contribution in [0.5, 0.6) is 0 Å². The first kappa shape index (κ1) is 16.3. The highest BCUT2D eigenvalue weighted by molar-refractivity contribution is 5.86. The van der Waals surface area contributed by atoms with Crippen LogP contribution in [-0.4, -0.2) is 12.6 Å². The summed E-state index contributed by atoms with van der Waals surface area (Å²) in [5.41, 5.74) is 0.487. The van der Waals surface area contributed by atoms with Gasteiger partial charge < -0.3 is 4.74 Å². The molecule has 0 saturated heterocycles. The van der Waals surface area contributed by atoms with Crippen LogP contribution in [0.25, 0.3) is 0 Å². The number of hydrogen-bond donors (Lipinski definition) is 0. The molecule has 110 valence electrons. The fraction of sp³-hybridized carbons (Fsp3) is 0.824. The van der Waals surface area contributed by atoms with Crippen LogP contribution < -0.4 is 0 Å². The molecule has 0 radical (unpaired) electrons. The molecule has 1 rings (SSSR count). The zero-order valence-electron chi connectivity index (χ0n) is 13.2. The molecule has 2 heteroatoms. The van der Waals surface area contributed by atoms with Crippen molar-refractivity contribution in [2.24, 2.45) is 29.6 Å². The fourth-order valence-electron chi connectivity index (χ4n) is 3.77. The molecule has 5 unspecified atom stereocenters. The van der Waals surface area contributed by atoms with Crippen LogP contribution in [0.3, 0.4) is 0 Å². The van der Waals surface area contributed by atoms with Crippen molar-refractivity contribution in [2.45, 2.75) is 53.9 Å².